The number of nitrogens with zero attached hydrogens (tertiary/aromatic N) is 1. The van der Waals surface area contributed by atoms with Crippen molar-refractivity contribution in [3.05, 3.63) is 29.3 Å². The van der Waals surface area contributed by atoms with Crippen molar-refractivity contribution in [2.45, 2.75) is 25.4 Å². The van der Waals surface area contributed by atoms with E-state index in [0.717, 1.165) is 11.3 Å². The Morgan fingerprint density at radius 1 is 1.47 bits per heavy atom. The third-order valence-electron chi connectivity index (χ3n) is 3.64. The largest absolute Gasteiger partial charge is 0.324 e. The first-order valence-corrected chi connectivity index (χ1v) is 6.05. The van der Waals surface area contributed by atoms with Crippen LogP contribution >= 0.6 is 0 Å². The number of fused-ring (bicyclic) bond motifs is 1. The van der Waals surface area contributed by atoms with Gasteiger partial charge in [0.2, 0.25) is 0 Å². The van der Waals surface area contributed by atoms with Crippen LogP contribution in [0.5, 0.6) is 0 Å². The Morgan fingerprint density at radius 2 is 2.24 bits per heavy atom. The van der Waals surface area contributed by atoms with E-state index in [1.54, 1.807) is 11.9 Å². The van der Waals surface area contributed by atoms with Crippen LogP contribution in [0.4, 0.5) is 10.5 Å². The summed E-state index contributed by atoms with van der Waals surface area (Å²) in [6.07, 6.45) is 2.49. The maximum Gasteiger partial charge on any atom is 0.321 e. The molecular weight excluding hydrogens is 214 g/mol. The van der Waals surface area contributed by atoms with Crippen molar-refractivity contribution in [1.82, 2.24) is 4.90 Å². The Balaban J connectivity index is 1.90. The lowest BCUT2D eigenvalue weighted by molar-refractivity contribution is 0.218. The highest BCUT2D eigenvalue weighted by molar-refractivity contribution is 5.92. The van der Waals surface area contributed by atoms with Gasteiger partial charge in [0, 0.05) is 25.3 Å². The summed E-state index contributed by atoms with van der Waals surface area (Å²) < 4.78 is 0. The minimum atomic E-state index is -0.0447. The fourth-order valence-corrected chi connectivity index (χ4v) is 2.34. The molecule has 1 aliphatic carbocycles. The zero-order valence-electron chi connectivity index (χ0n) is 9.94. The maximum absolute atomic E-state index is 11.5. The highest BCUT2D eigenvalue weighted by atomic mass is 16.2. The van der Waals surface area contributed by atoms with Crippen LogP contribution in [0.25, 0.3) is 0 Å². The summed E-state index contributed by atoms with van der Waals surface area (Å²) in [5.41, 5.74) is 9.45. The molecule has 1 unspecified atom stereocenters. The van der Waals surface area contributed by atoms with Crippen LogP contribution in [0.2, 0.25) is 0 Å². The lowest BCUT2D eigenvalue weighted by Gasteiger charge is -2.27. The SMILES string of the molecule is CN1Cc2cc(C(N)C3CC3)ccc2NC1=O. The van der Waals surface area contributed by atoms with Gasteiger partial charge in [-0.2, -0.15) is 0 Å². The minimum absolute atomic E-state index is 0.0447. The predicted octanol–water partition coefficient (Wildman–Crippen LogP) is 2.07. The molecule has 17 heavy (non-hydrogen) atoms. The van der Waals surface area contributed by atoms with E-state index >= 15 is 0 Å². The molecule has 0 spiro atoms. The molecule has 90 valence electrons. The van der Waals surface area contributed by atoms with Crippen LogP contribution in [0, 0.1) is 5.92 Å². The van der Waals surface area contributed by atoms with Gasteiger partial charge in [-0.15, -0.1) is 0 Å². The number of hydrogen-bond donors (Lipinski definition) is 2. The van der Waals surface area contributed by atoms with Crippen LogP contribution in [0.15, 0.2) is 18.2 Å². The van der Waals surface area contributed by atoms with Crippen molar-refractivity contribution >= 4 is 11.7 Å². The first-order valence-electron chi connectivity index (χ1n) is 6.05. The van der Waals surface area contributed by atoms with Gasteiger partial charge in [-0.3, -0.25) is 0 Å². The summed E-state index contributed by atoms with van der Waals surface area (Å²) in [7, 11) is 1.80. The molecule has 0 aromatic heterocycles. The number of anilines is 1. The Kier molecular flexibility index (Phi) is 2.33. The standard InChI is InChI=1S/C13H17N3O/c1-16-7-10-6-9(12(14)8-2-3-8)4-5-11(10)15-13(16)17/h4-6,8,12H,2-3,7,14H2,1H3,(H,15,17). The van der Waals surface area contributed by atoms with Gasteiger partial charge < -0.3 is 16.0 Å². The van der Waals surface area contributed by atoms with Crippen molar-refractivity contribution in [2.24, 2.45) is 11.7 Å². The number of amides is 2. The van der Waals surface area contributed by atoms with Gasteiger partial charge in [0.15, 0.2) is 0 Å². The van der Waals surface area contributed by atoms with Gasteiger partial charge >= 0.3 is 6.03 Å². The van der Waals surface area contributed by atoms with E-state index in [9.17, 15) is 4.79 Å². The number of benzene rings is 1. The Labute approximate surface area is 101 Å². The molecule has 0 saturated heterocycles. The van der Waals surface area contributed by atoms with Crippen LogP contribution < -0.4 is 11.1 Å². The van der Waals surface area contributed by atoms with Crippen molar-refractivity contribution in [3.8, 4) is 0 Å². The summed E-state index contributed by atoms with van der Waals surface area (Å²) in [6.45, 7) is 0.659. The van der Waals surface area contributed by atoms with E-state index in [2.05, 4.69) is 11.4 Å². The van der Waals surface area contributed by atoms with Crippen LogP contribution in [-0.2, 0) is 6.54 Å². The van der Waals surface area contributed by atoms with E-state index in [1.807, 2.05) is 12.1 Å². The van der Waals surface area contributed by atoms with Crippen LogP contribution in [0.3, 0.4) is 0 Å². The zero-order valence-corrected chi connectivity index (χ0v) is 9.94. The molecule has 0 radical (unpaired) electrons. The van der Waals surface area contributed by atoms with E-state index in [4.69, 9.17) is 5.73 Å². The second-order valence-electron chi connectivity index (χ2n) is 5.07. The Hall–Kier alpha value is -1.55. The maximum atomic E-state index is 11.5. The highest BCUT2D eigenvalue weighted by Crippen LogP contribution is 2.40. The number of nitrogens with two attached hydrogens (primary N) is 1. The molecule has 1 saturated carbocycles. The fraction of sp³-hybridized carbons (Fsp3) is 0.462. The molecule has 1 aromatic carbocycles. The molecule has 2 amide bonds. The van der Waals surface area contributed by atoms with Gasteiger partial charge in [0.05, 0.1) is 0 Å². The number of urea groups is 1. The fourth-order valence-electron chi connectivity index (χ4n) is 2.34. The molecule has 1 heterocycles. The van der Waals surface area contributed by atoms with Gasteiger partial charge in [-0.25, -0.2) is 4.79 Å². The third kappa shape index (κ3) is 1.89. The zero-order chi connectivity index (χ0) is 12.0. The van der Waals surface area contributed by atoms with Crippen molar-refractivity contribution in [1.29, 1.82) is 0 Å². The second-order valence-corrected chi connectivity index (χ2v) is 5.07. The lowest BCUT2D eigenvalue weighted by atomic mass is 9.99. The summed E-state index contributed by atoms with van der Waals surface area (Å²) in [4.78, 5) is 13.2. The molecule has 1 fully saturated rings. The van der Waals surface area contributed by atoms with Gasteiger partial charge in [0.1, 0.15) is 0 Å². The van der Waals surface area contributed by atoms with E-state index in [0.29, 0.717) is 12.5 Å². The van der Waals surface area contributed by atoms with Crippen LogP contribution in [0.1, 0.15) is 30.0 Å². The number of carbonyl (C=O) groups is 1. The predicted molar refractivity (Wildman–Crippen MR) is 66.6 cm³/mol. The average molecular weight is 231 g/mol. The smallest absolute Gasteiger partial charge is 0.321 e. The van der Waals surface area contributed by atoms with Crippen molar-refractivity contribution < 1.29 is 4.79 Å². The number of hydrogen-bond acceptors (Lipinski definition) is 2. The van der Waals surface area contributed by atoms with E-state index in [-0.39, 0.29) is 12.1 Å². The summed E-state index contributed by atoms with van der Waals surface area (Å²) in [5.74, 6) is 0.656. The molecule has 3 rings (SSSR count). The number of carbonyl (C=O) groups excluding carboxylic acids is 1. The molecule has 1 atom stereocenters. The molecule has 1 aliphatic heterocycles. The molecule has 4 heteroatoms. The Bertz CT molecular complexity index is 468. The number of nitrogens with one attached hydrogen (secondary N) is 1. The molecule has 0 bridgehead atoms. The summed E-state index contributed by atoms with van der Waals surface area (Å²) in [6, 6.07) is 6.25. The first kappa shape index (κ1) is 10.6. The molecular formula is C13H17N3O. The monoisotopic (exact) mass is 231 g/mol. The topological polar surface area (TPSA) is 58.4 Å². The second kappa shape index (κ2) is 3.74. The summed E-state index contributed by atoms with van der Waals surface area (Å²) in [5, 5.41) is 2.87. The summed E-state index contributed by atoms with van der Waals surface area (Å²) >= 11 is 0. The van der Waals surface area contributed by atoms with E-state index < -0.39 is 0 Å². The van der Waals surface area contributed by atoms with Gasteiger partial charge in [-0.1, -0.05) is 12.1 Å². The molecule has 1 aromatic rings. The van der Waals surface area contributed by atoms with Gasteiger partial charge in [0.25, 0.3) is 0 Å². The third-order valence-corrected chi connectivity index (χ3v) is 3.64. The van der Waals surface area contributed by atoms with Crippen LogP contribution in [-0.4, -0.2) is 18.0 Å². The first-order chi connectivity index (χ1) is 8.15. The van der Waals surface area contributed by atoms with Crippen molar-refractivity contribution in [3.63, 3.8) is 0 Å². The Morgan fingerprint density at radius 3 is 2.94 bits per heavy atom. The van der Waals surface area contributed by atoms with E-state index in [1.165, 1.54) is 18.4 Å². The molecule has 4 nitrogen and oxygen atoms in total. The average Bonchev–Trinajstić information content (AvgIpc) is 3.13. The molecule has 2 aliphatic rings. The van der Waals surface area contributed by atoms with Crippen molar-refractivity contribution in [2.75, 3.05) is 12.4 Å². The normalized spacial score (nSPS) is 20.8. The highest BCUT2D eigenvalue weighted by Gasteiger charge is 2.30. The van der Waals surface area contributed by atoms with Gasteiger partial charge in [-0.05, 0) is 36.0 Å². The molecule has 3 N–H and O–H groups in total. The number of rotatable bonds is 2. The lowest BCUT2D eigenvalue weighted by Crippen LogP contribution is -2.35. The quantitative estimate of drug-likeness (QED) is 0.818. The minimum Gasteiger partial charge on any atom is -0.324 e.